The fourth-order valence-electron chi connectivity index (χ4n) is 4.86. The number of carbonyl (C=O) groups is 2. The second-order valence-electron chi connectivity index (χ2n) is 9.64. The van der Waals surface area contributed by atoms with Gasteiger partial charge in [0.1, 0.15) is 11.9 Å². The fourth-order valence-corrected chi connectivity index (χ4v) is 4.86. The lowest BCUT2D eigenvalue weighted by atomic mass is 10.1. The Morgan fingerprint density at radius 3 is 2.38 bits per heavy atom. The number of likely N-dealkylation sites (tertiary alicyclic amines) is 1. The summed E-state index contributed by atoms with van der Waals surface area (Å²) in [6.07, 6.45) is 1.35. The SMILES string of the molecule is Cc1ccc(C(=O)N2CC(N(CCc3ccccc3)Cc3ccc(F)cc3)CC2C(=O)NCCN)cc1. The molecule has 37 heavy (non-hydrogen) atoms. The third-order valence-electron chi connectivity index (χ3n) is 6.93. The van der Waals surface area contributed by atoms with Crippen molar-refractivity contribution in [1.29, 1.82) is 0 Å². The molecule has 1 fully saturated rings. The molecule has 2 amide bonds. The Bertz CT molecular complexity index is 1170. The van der Waals surface area contributed by atoms with Crippen LogP contribution in [0.2, 0.25) is 0 Å². The molecule has 6 nitrogen and oxygen atoms in total. The van der Waals surface area contributed by atoms with Gasteiger partial charge in [-0.3, -0.25) is 14.5 Å². The number of hydrogen-bond acceptors (Lipinski definition) is 4. The highest BCUT2D eigenvalue weighted by Crippen LogP contribution is 2.27. The number of benzene rings is 3. The molecule has 0 spiro atoms. The minimum Gasteiger partial charge on any atom is -0.353 e. The molecule has 1 aliphatic heterocycles. The first-order chi connectivity index (χ1) is 17.9. The molecule has 0 radical (unpaired) electrons. The molecule has 194 valence electrons. The van der Waals surface area contributed by atoms with Crippen molar-refractivity contribution >= 4 is 11.8 Å². The van der Waals surface area contributed by atoms with Crippen LogP contribution in [0.4, 0.5) is 4.39 Å². The number of nitrogens with zero attached hydrogens (tertiary/aromatic N) is 2. The summed E-state index contributed by atoms with van der Waals surface area (Å²) in [6.45, 7) is 4.45. The Kier molecular flexibility index (Phi) is 9.04. The van der Waals surface area contributed by atoms with Gasteiger partial charge in [0.15, 0.2) is 0 Å². The van der Waals surface area contributed by atoms with Crippen LogP contribution in [-0.4, -0.2) is 59.9 Å². The second kappa shape index (κ2) is 12.6. The van der Waals surface area contributed by atoms with Crippen LogP contribution in [0, 0.1) is 12.7 Å². The van der Waals surface area contributed by atoms with Crippen molar-refractivity contribution in [3.63, 3.8) is 0 Å². The summed E-state index contributed by atoms with van der Waals surface area (Å²) in [5, 5.41) is 2.87. The van der Waals surface area contributed by atoms with Gasteiger partial charge < -0.3 is 16.0 Å². The van der Waals surface area contributed by atoms with E-state index in [1.165, 1.54) is 17.7 Å². The van der Waals surface area contributed by atoms with Crippen molar-refractivity contribution in [2.75, 3.05) is 26.2 Å². The van der Waals surface area contributed by atoms with Crippen LogP contribution in [0.25, 0.3) is 0 Å². The zero-order chi connectivity index (χ0) is 26.2. The number of nitrogens with two attached hydrogens (primary N) is 1. The van der Waals surface area contributed by atoms with Crippen molar-refractivity contribution in [1.82, 2.24) is 15.1 Å². The summed E-state index contributed by atoms with van der Waals surface area (Å²) in [5.74, 6) is -0.606. The molecule has 1 heterocycles. The van der Waals surface area contributed by atoms with E-state index in [0.717, 1.165) is 24.1 Å². The van der Waals surface area contributed by atoms with E-state index >= 15 is 0 Å². The molecule has 0 aromatic heterocycles. The number of aryl methyl sites for hydroxylation is 1. The first kappa shape index (κ1) is 26.5. The molecular formula is C30H35FN4O2. The molecule has 3 aromatic rings. The maximum absolute atomic E-state index is 13.6. The largest absolute Gasteiger partial charge is 0.353 e. The zero-order valence-corrected chi connectivity index (χ0v) is 21.3. The van der Waals surface area contributed by atoms with Gasteiger partial charge in [-0.25, -0.2) is 4.39 Å². The lowest BCUT2D eigenvalue weighted by Gasteiger charge is -2.29. The third-order valence-corrected chi connectivity index (χ3v) is 6.93. The number of carbonyl (C=O) groups excluding carboxylic acids is 2. The molecule has 3 N–H and O–H groups in total. The van der Waals surface area contributed by atoms with E-state index in [9.17, 15) is 14.0 Å². The highest BCUT2D eigenvalue weighted by atomic mass is 19.1. The van der Waals surface area contributed by atoms with E-state index in [4.69, 9.17) is 5.73 Å². The van der Waals surface area contributed by atoms with E-state index in [1.807, 2.05) is 49.4 Å². The lowest BCUT2D eigenvalue weighted by molar-refractivity contribution is -0.124. The Morgan fingerprint density at radius 2 is 1.70 bits per heavy atom. The van der Waals surface area contributed by atoms with Crippen molar-refractivity contribution < 1.29 is 14.0 Å². The average molecular weight is 503 g/mol. The van der Waals surface area contributed by atoms with Gasteiger partial charge in [0.05, 0.1) is 0 Å². The lowest BCUT2D eigenvalue weighted by Crippen LogP contribution is -2.47. The Hall–Kier alpha value is -3.55. The monoisotopic (exact) mass is 502 g/mol. The number of rotatable bonds is 10. The molecule has 1 saturated heterocycles. The van der Waals surface area contributed by atoms with Gasteiger partial charge in [0.25, 0.3) is 5.91 Å². The second-order valence-corrected chi connectivity index (χ2v) is 9.64. The Balaban J connectivity index is 1.58. The maximum Gasteiger partial charge on any atom is 0.254 e. The summed E-state index contributed by atoms with van der Waals surface area (Å²) in [4.78, 5) is 30.7. The highest BCUT2D eigenvalue weighted by Gasteiger charge is 2.41. The molecule has 1 aliphatic rings. The highest BCUT2D eigenvalue weighted by molar-refractivity contribution is 5.98. The molecule has 2 unspecified atom stereocenters. The average Bonchev–Trinajstić information content (AvgIpc) is 3.37. The van der Waals surface area contributed by atoms with Crippen LogP contribution in [0.3, 0.4) is 0 Å². The molecule has 2 atom stereocenters. The van der Waals surface area contributed by atoms with E-state index in [0.29, 0.717) is 38.2 Å². The Morgan fingerprint density at radius 1 is 1.00 bits per heavy atom. The van der Waals surface area contributed by atoms with Crippen LogP contribution >= 0.6 is 0 Å². The minimum atomic E-state index is -0.585. The Labute approximate surface area is 218 Å². The standard InChI is InChI=1S/C30H35FN4O2/c1-22-7-11-25(12-8-22)30(37)35-21-27(19-28(35)29(36)33-17-16-32)34(18-15-23-5-3-2-4-6-23)20-24-9-13-26(31)14-10-24/h2-14,27-28H,15-21,32H2,1H3,(H,33,36). The van der Waals surface area contributed by atoms with Crippen molar-refractivity contribution in [3.05, 3.63) is 107 Å². The topological polar surface area (TPSA) is 78.7 Å². The predicted molar refractivity (Wildman–Crippen MR) is 143 cm³/mol. The van der Waals surface area contributed by atoms with E-state index in [1.54, 1.807) is 17.0 Å². The molecule has 3 aromatic carbocycles. The van der Waals surface area contributed by atoms with Gasteiger partial charge in [0, 0.05) is 44.3 Å². The van der Waals surface area contributed by atoms with Crippen molar-refractivity contribution in [2.24, 2.45) is 5.73 Å². The molecule has 4 rings (SSSR count). The number of nitrogens with one attached hydrogen (secondary N) is 1. The quantitative estimate of drug-likeness (QED) is 0.445. The van der Waals surface area contributed by atoms with Gasteiger partial charge in [0.2, 0.25) is 5.91 Å². The van der Waals surface area contributed by atoms with Gasteiger partial charge >= 0.3 is 0 Å². The first-order valence-corrected chi connectivity index (χ1v) is 12.8. The summed E-state index contributed by atoms with van der Waals surface area (Å²) >= 11 is 0. The molecule has 0 saturated carbocycles. The smallest absolute Gasteiger partial charge is 0.254 e. The molecular weight excluding hydrogens is 467 g/mol. The fraction of sp³-hybridized carbons (Fsp3) is 0.333. The summed E-state index contributed by atoms with van der Waals surface area (Å²) in [7, 11) is 0. The molecule has 7 heteroatoms. The van der Waals surface area contributed by atoms with E-state index in [-0.39, 0.29) is 23.7 Å². The normalized spacial score (nSPS) is 17.2. The van der Waals surface area contributed by atoms with Crippen LogP contribution in [0.1, 0.15) is 33.5 Å². The van der Waals surface area contributed by atoms with Gasteiger partial charge in [-0.05, 0) is 55.2 Å². The van der Waals surface area contributed by atoms with Crippen molar-refractivity contribution in [3.8, 4) is 0 Å². The van der Waals surface area contributed by atoms with Gasteiger partial charge in [-0.15, -0.1) is 0 Å². The van der Waals surface area contributed by atoms with Crippen LogP contribution in [0.5, 0.6) is 0 Å². The maximum atomic E-state index is 13.6. The van der Waals surface area contributed by atoms with Crippen molar-refractivity contribution in [2.45, 2.75) is 38.4 Å². The number of hydrogen-bond donors (Lipinski definition) is 2. The predicted octanol–water partition coefficient (Wildman–Crippen LogP) is 3.54. The summed E-state index contributed by atoms with van der Waals surface area (Å²) in [5.41, 5.74) is 9.45. The zero-order valence-electron chi connectivity index (χ0n) is 21.3. The molecule has 0 bridgehead atoms. The number of halogens is 1. The van der Waals surface area contributed by atoms with E-state index in [2.05, 4.69) is 22.3 Å². The number of amides is 2. The van der Waals surface area contributed by atoms with Crippen LogP contribution in [0.15, 0.2) is 78.9 Å². The summed E-state index contributed by atoms with van der Waals surface area (Å²) < 4.78 is 13.6. The van der Waals surface area contributed by atoms with Gasteiger partial charge in [-0.1, -0.05) is 60.2 Å². The molecule has 0 aliphatic carbocycles. The van der Waals surface area contributed by atoms with Crippen LogP contribution < -0.4 is 11.1 Å². The van der Waals surface area contributed by atoms with Crippen LogP contribution in [-0.2, 0) is 17.8 Å². The van der Waals surface area contributed by atoms with Gasteiger partial charge in [-0.2, -0.15) is 0 Å². The minimum absolute atomic E-state index is 0.0307. The first-order valence-electron chi connectivity index (χ1n) is 12.8. The summed E-state index contributed by atoms with van der Waals surface area (Å²) in [6, 6.07) is 23.6. The van der Waals surface area contributed by atoms with E-state index < -0.39 is 6.04 Å². The third kappa shape index (κ3) is 7.02.